The van der Waals surface area contributed by atoms with Crippen LogP contribution in [0.2, 0.25) is 0 Å². The van der Waals surface area contributed by atoms with Crippen LogP contribution in [0.3, 0.4) is 0 Å². The van der Waals surface area contributed by atoms with Gasteiger partial charge in [-0.3, -0.25) is 4.90 Å². The second-order valence-corrected chi connectivity index (χ2v) is 5.26. The van der Waals surface area contributed by atoms with Gasteiger partial charge in [0, 0.05) is 30.2 Å². The smallest absolute Gasteiger partial charge is 0.403 e. The van der Waals surface area contributed by atoms with Gasteiger partial charge in [-0.2, -0.15) is 13.2 Å². The number of halogens is 3. The van der Waals surface area contributed by atoms with Crippen molar-refractivity contribution in [3.05, 3.63) is 42.6 Å². The van der Waals surface area contributed by atoms with Crippen LogP contribution in [-0.4, -0.2) is 40.3 Å². The van der Waals surface area contributed by atoms with Crippen LogP contribution in [0.15, 0.2) is 37.1 Å². The van der Waals surface area contributed by atoms with E-state index in [1.165, 1.54) is 11.0 Å². The normalized spacial score (nSPS) is 13.7. The highest BCUT2D eigenvalue weighted by molar-refractivity contribution is 5.88. The third-order valence-electron chi connectivity index (χ3n) is 3.82. The summed E-state index contributed by atoms with van der Waals surface area (Å²) in [4.78, 5) is 4.35. The number of hydrogen-bond donors (Lipinski definition) is 2. The monoisotopic (exact) mass is 312 g/mol. The van der Waals surface area contributed by atoms with E-state index < -0.39 is 12.2 Å². The van der Waals surface area contributed by atoms with Gasteiger partial charge in [0.2, 0.25) is 0 Å². The van der Waals surface area contributed by atoms with Gasteiger partial charge in [-0.15, -0.1) is 6.58 Å². The number of aromatic amines is 1. The molecular weight excluding hydrogens is 293 g/mol. The Hall–Kier alpha value is -1.95. The van der Waals surface area contributed by atoms with Crippen molar-refractivity contribution in [1.29, 1.82) is 0 Å². The van der Waals surface area contributed by atoms with E-state index in [1.54, 1.807) is 18.3 Å². The van der Waals surface area contributed by atoms with Crippen LogP contribution in [0.5, 0.6) is 5.75 Å². The van der Waals surface area contributed by atoms with Gasteiger partial charge in [0.05, 0.1) is 0 Å². The van der Waals surface area contributed by atoms with Crippen LogP contribution >= 0.6 is 0 Å². The molecule has 0 aliphatic heterocycles. The molecule has 2 N–H and O–H groups in total. The van der Waals surface area contributed by atoms with Crippen LogP contribution in [0, 0.1) is 0 Å². The zero-order valence-electron chi connectivity index (χ0n) is 12.3. The number of fused-ring (bicyclic) bond motifs is 1. The zero-order chi connectivity index (χ0) is 16.3. The van der Waals surface area contributed by atoms with Crippen molar-refractivity contribution in [3.8, 4) is 5.75 Å². The van der Waals surface area contributed by atoms with Crippen LogP contribution < -0.4 is 0 Å². The lowest BCUT2D eigenvalue weighted by atomic mass is 10.1. The summed E-state index contributed by atoms with van der Waals surface area (Å²) in [5.41, 5.74) is 1.57. The molecule has 2 aromatic rings. The number of hydrogen-bond acceptors (Lipinski definition) is 2. The maximum atomic E-state index is 12.9. The molecule has 1 aromatic carbocycles. The van der Waals surface area contributed by atoms with Crippen molar-refractivity contribution in [3.63, 3.8) is 0 Å². The Morgan fingerprint density at radius 1 is 1.41 bits per heavy atom. The van der Waals surface area contributed by atoms with Crippen molar-refractivity contribution in [2.75, 3.05) is 13.1 Å². The van der Waals surface area contributed by atoms with E-state index in [9.17, 15) is 18.3 Å². The fourth-order valence-corrected chi connectivity index (χ4v) is 2.51. The lowest BCUT2D eigenvalue weighted by Gasteiger charge is -2.29. The Labute approximate surface area is 127 Å². The molecule has 6 heteroatoms. The molecule has 1 unspecified atom stereocenters. The summed E-state index contributed by atoms with van der Waals surface area (Å²) in [5.74, 6) is 0.132. The number of aromatic nitrogens is 1. The standard InChI is InChI=1S/C16H19F3N2O/c1-3-8-21(11(2)16(17,18)19)9-7-12-10-20-13-5-4-6-14(22)15(12)13/h3-6,10-11,20,22H,1,7-9H2,2H3. The Kier molecular flexibility index (Phi) is 4.81. The molecule has 0 saturated heterocycles. The first-order valence-electron chi connectivity index (χ1n) is 7.04. The van der Waals surface area contributed by atoms with E-state index in [0.29, 0.717) is 11.8 Å². The van der Waals surface area contributed by atoms with Crippen molar-refractivity contribution in [2.24, 2.45) is 0 Å². The molecule has 22 heavy (non-hydrogen) atoms. The number of phenolic OH excluding ortho intramolecular Hbond substituents is 1. The van der Waals surface area contributed by atoms with Crippen LogP contribution in [-0.2, 0) is 6.42 Å². The van der Waals surface area contributed by atoms with Crippen molar-refractivity contribution in [1.82, 2.24) is 9.88 Å². The third kappa shape index (κ3) is 3.44. The first kappa shape index (κ1) is 16.4. The van der Waals surface area contributed by atoms with Gasteiger partial charge in [0.25, 0.3) is 0 Å². The minimum absolute atomic E-state index is 0.132. The highest BCUT2D eigenvalue weighted by atomic mass is 19.4. The molecule has 3 nitrogen and oxygen atoms in total. The Morgan fingerprint density at radius 2 is 2.14 bits per heavy atom. The molecule has 1 aromatic heterocycles. The molecule has 0 aliphatic rings. The molecular formula is C16H19F3N2O. The van der Waals surface area contributed by atoms with Gasteiger partial charge in [-0.05, 0) is 31.0 Å². The lowest BCUT2D eigenvalue weighted by molar-refractivity contribution is -0.177. The van der Waals surface area contributed by atoms with Gasteiger partial charge in [0.15, 0.2) is 0 Å². The maximum absolute atomic E-state index is 12.9. The summed E-state index contributed by atoms with van der Waals surface area (Å²) < 4.78 is 38.6. The van der Waals surface area contributed by atoms with Crippen LogP contribution in [0.4, 0.5) is 13.2 Å². The van der Waals surface area contributed by atoms with Crippen molar-refractivity contribution < 1.29 is 18.3 Å². The van der Waals surface area contributed by atoms with E-state index in [1.807, 2.05) is 6.07 Å². The summed E-state index contributed by atoms with van der Waals surface area (Å²) >= 11 is 0. The Morgan fingerprint density at radius 3 is 2.77 bits per heavy atom. The number of H-pyrrole nitrogens is 1. The Balaban J connectivity index is 2.16. The molecule has 1 atom stereocenters. The second kappa shape index (κ2) is 6.44. The number of nitrogens with one attached hydrogen (secondary N) is 1. The van der Waals surface area contributed by atoms with E-state index >= 15 is 0 Å². The van der Waals surface area contributed by atoms with E-state index in [0.717, 1.165) is 18.0 Å². The molecule has 0 radical (unpaired) electrons. The van der Waals surface area contributed by atoms with Crippen LogP contribution in [0.25, 0.3) is 10.9 Å². The number of aromatic hydroxyl groups is 1. The fourth-order valence-electron chi connectivity index (χ4n) is 2.51. The topological polar surface area (TPSA) is 39.3 Å². The number of alkyl halides is 3. The van der Waals surface area contributed by atoms with Gasteiger partial charge < -0.3 is 10.1 Å². The molecule has 0 saturated carbocycles. The van der Waals surface area contributed by atoms with Gasteiger partial charge >= 0.3 is 6.18 Å². The molecule has 2 rings (SSSR count). The van der Waals surface area contributed by atoms with E-state index in [2.05, 4.69) is 11.6 Å². The lowest BCUT2D eigenvalue weighted by Crippen LogP contribution is -2.44. The van der Waals surface area contributed by atoms with Gasteiger partial charge in [0.1, 0.15) is 11.8 Å². The first-order valence-corrected chi connectivity index (χ1v) is 7.04. The second-order valence-electron chi connectivity index (χ2n) is 5.26. The molecule has 0 amide bonds. The average molecular weight is 312 g/mol. The number of nitrogens with zero attached hydrogens (tertiary/aromatic N) is 1. The third-order valence-corrected chi connectivity index (χ3v) is 3.82. The van der Waals surface area contributed by atoms with Gasteiger partial charge in [-0.25, -0.2) is 0 Å². The van der Waals surface area contributed by atoms with Gasteiger partial charge in [-0.1, -0.05) is 12.1 Å². The average Bonchev–Trinajstić information content (AvgIpc) is 2.86. The highest BCUT2D eigenvalue weighted by Crippen LogP contribution is 2.29. The van der Waals surface area contributed by atoms with E-state index in [4.69, 9.17) is 0 Å². The molecule has 120 valence electrons. The first-order chi connectivity index (χ1) is 10.3. The van der Waals surface area contributed by atoms with E-state index in [-0.39, 0.29) is 18.8 Å². The predicted octanol–water partition coefficient (Wildman–Crippen LogP) is 3.85. The molecule has 0 fully saturated rings. The summed E-state index contributed by atoms with van der Waals surface area (Å²) in [7, 11) is 0. The van der Waals surface area contributed by atoms with Crippen LogP contribution in [0.1, 0.15) is 12.5 Å². The summed E-state index contributed by atoms with van der Waals surface area (Å²) in [5, 5.41) is 10.6. The Bertz CT molecular complexity index is 648. The largest absolute Gasteiger partial charge is 0.507 e. The summed E-state index contributed by atoms with van der Waals surface area (Å²) in [6.07, 6.45) is -0.666. The fraction of sp³-hybridized carbons (Fsp3) is 0.375. The van der Waals surface area contributed by atoms with Crippen molar-refractivity contribution in [2.45, 2.75) is 25.6 Å². The quantitative estimate of drug-likeness (QED) is 0.795. The predicted molar refractivity (Wildman–Crippen MR) is 81.0 cm³/mol. The highest BCUT2D eigenvalue weighted by Gasteiger charge is 2.39. The number of benzene rings is 1. The molecule has 1 heterocycles. The molecule has 0 aliphatic carbocycles. The molecule has 0 bridgehead atoms. The summed E-state index contributed by atoms with van der Waals surface area (Å²) in [6.45, 7) is 5.06. The zero-order valence-corrected chi connectivity index (χ0v) is 12.3. The summed E-state index contributed by atoms with van der Waals surface area (Å²) in [6, 6.07) is 3.57. The van der Waals surface area contributed by atoms with Crippen molar-refractivity contribution >= 4 is 10.9 Å². The SMILES string of the molecule is C=CCN(CCc1c[nH]c2cccc(O)c12)C(C)C(F)(F)F. The number of phenols is 1. The maximum Gasteiger partial charge on any atom is 0.403 e. The molecule has 0 spiro atoms. The minimum Gasteiger partial charge on any atom is -0.507 e. The minimum atomic E-state index is -4.27. The number of rotatable bonds is 6.